The molecule has 0 saturated carbocycles. The molecule has 0 unspecified atom stereocenters. The predicted octanol–water partition coefficient (Wildman–Crippen LogP) is 3.66. The second kappa shape index (κ2) is 12.6. The molecule has 0 aliphatic heterocycles. The van der Waals surface area contributed by atoms with Gasteiger partial charge in [-0.1, -0.05) is 50.2 Å². The Morgan fingerprint density at radius 2 is 1.68 bits per heavy atom. The Morgan fingerprint density at radius 3 is 2.21 bits per heavy atom. The third-order valence-corrected chi connectivity index (χ3v) is 7.21. The van der Waals surface area contributed by atoms with Gasteiger partial charge in [-0.2, -0.15) is 0 Å². The third-order valence-electron chi connectivity index (χ3n) is 6.02. The van der Waals surface area contributed by atoms with E-state index in [1.54, 1.807) is 24.1 Å². The molecular formula is C26H37N3O4S. The Kier molecular flexibility index (Phi) is 10.1. The van der Waals surface area contributed by atoms with Gasteiger partial charge in [0.1, 0.15) is 6.04 Å². The zero-order valence-corrected chi connectivity index (χ0v) is 21.7. The molecule has 2 amide bonds. The summed E-state index contributed by atoms with van der Waals surface area (Å²) in [7, 11) is -1.94. The molecule has 0 fully saturated rings. The van der Waals surface area contributed by atoms with Gasteiger partial charge in [-0.3, -0.25) is 13.9 Å². The number of nitrogens with zero attached hydrogens (tertiary/aromatic N) is 2. The van der Waals surface area contributed by atoms with Gasteiger partial charge in [0, 0.05) is 26.6 Å². The fourth-order valence-electron chi connectivity index (χ4n) is 3.96. The van der Waals surface area contributed by atoms with Gasteiger partial charge < -0.3 is 10.2 Å². The van der Waals surface area contributed by atoms with Crippen molar-refractivity contribution in [2.75, 3.05) is 24.2 Å². The minimum absolute atomic E-state index is 0.137. The maximum Gasteiger partial charge on any atom is 0.242 e. The molecule has 2 rings (SSSR count). The van der Waals surface area contributed by atoms with Gasteiger partial charge >= 0.3 is 0 Å². The Bertz CT molecular complexity index is 1070. The van der Waals surface area contributed by atoms with Gasteiger partial charge in [0.15, 0.2) is 0 Å². The average molecular weight is 488 g/mol. The van der Waals surface area contributed by atoms with Crippen LogP contribution < -0.4 is 9.62 Å². The van der Waals surface area contributed by atoms with Crippen molar-refractivity contribution in [2.24, 2.45) is 0 Å². The van der Waals surface area contributed by atoms with Crippen LogP contribution in [0, 0.1) is 6.92 Å². The SMILES string of the molecule is CCc1ccc(N(CCCC(=O)N(Cc2ccccc2C)[C@H](CC)C(=O)NC)S(C)(=O)=O)cc1. The molecule has 0 radical (unpaired) electrons. The van der Waals surface area contributed by atoms with Crippen molar-refractivity contribution < 1.29 is 18.0 Å². The number of carbonyl (C=O) groups is 2. The van der Waals surface area contributed by atoms with Gasteiger partial charge in [-0.25, -0.2) is 8.42 Å². The van der Waals surface area contributed by atoms with Crippen LogP contribution >= 0.6 is 0 Å². The van der Waals surface area contributed by atoms with Crippen LogP contribution in [0.2, 0.25) is 0 Å². The number of nitrogens with one attached hydrogen (secondary N) is 1. The van der Waals surface area contributed by atoms with Gasteiger partial charge in [0.05, 0.1) is 11.9 Å². The number of anilines is 1. The van der Waals surface area contributed by atoms with E-state index in [0.29, 0.717) is 25.1 Å². The quantitative estimate of drug-likeness (QED) is 0.495. The Morgan fingerprint density at radius 1 is 1.03 bits per heavy atom. The van der Waals surface area contributed by atoms with Crippen LogP contribution in [0.1, 0.15) is 49.8 Å². The second-order valence-corrected chi connectivity index (χ2v) is 10.4. The van der Waals surface area contributed by atoms with Crippen LogP contribution in [-0.4, -0.2) is 51.0 Å². The molecule has 8 heteroatoms. The fourth-order valence-corrected chi connectivity index (χ4v) is 4.92. The number of hydrogen-bond acceptors (Lipinski definition) is 4. The highest BCUT2D eigenvalue weighted by molar-refractivity contribution is 7.92. The van der Waals surface area contributed by atoms with Crippen molar-refractivity contribution in [3.63, 3.8) is 0 Å². The topological polar surface area (TPSA) is 86.8 Å². The molecule has 0 bridgehead atoms. The van der Waals surface area contributed by atoms with Gasteiger partial charge in [0.2, 0.25) is 21.8 Å². The Labute approximate surface area is 204 Å². The summed E-state index contributed by atoms with van der Waals surface area (Å²) >= 11 is 0. The van der Waals surface area contributed by atoms with Crippen molar-refractivity contribution in [1.29, 1.82) is 0 Å². The molecule has 186 valence electrons. The highest BCUT2D eigenvalue weighted by atomic mass is 32.2. The first-order valence-electron chi connectivity index (χ1n) is 11.7. The molecule has 1 N–H and O–H groups in total. The first-order chi connectivity index (χ1) is 16.1. The molecule has 2 aromatic carbocycles. The van der Waals surface area contributed by atoms with E-state index in [1.807, 2.05) is 57.2 Å². The molecule has 34 heavy (non-hydrogen) atoms. The minimum Gasteiger partial charge on any atom is -0.357 e. The lowest BCUT2D eigenvalue weighted by molar-refractivity contribution is -0.141. The van der Waals surface area contributed by atoms with E-state index >= 15 is 0 Å². The summed E-state index contributed by atoms with van der Waals surface area (Å²) in [5.41, 5.74) is 3.73. The minimum atomic E-state index is -3.50. The molecule has 0 heterocycles. The van der Waals surface area contributed by atoms with E-state index in [0.717, 1.165) is 23.1 Å². The summed E-state index contributed by atoms with van der Waals surface area (Å²) in [6, 6.07) is 14.6. The van der Waals surface area contributed by atoms with Crippen molar-refractivity contribution >= 4 is 27.5 Å². The summed E-state index contributed by atoms with van der Waals surface area (Å²) in [6.07, 6.45) is 3.00. The number of benzene rings is 2. The molecule has 2 aromatic rings. The lowest BCUT2D eigenvalue weighted by Gasteiger charge is -2.31. The maximum atomic E-state index is 13.3. The molecule has 0 aliphatic carbocycles. The molecule has 1 atom stereocenters. The standard InChI is InChI=1S/C26H37N3O4S/c1-6-21-14-16-23(17-15-21)29(34(5,32)33)18-10-13-25(30)28(24(7-2)26(31)27-4)19-22-12-9-8-11-20(22)3/h8-9,11-12,14-17,24H,6-7,10,13,18-19H2,1-5H3,(H,27,31)/t24-/m1/s1. The van der Waals surface area contributed by atoms with Gasteiger partial charge in [-0.05, 0) is 55.0 Å². The van der Waals surface area contributed by atoms with Crippen LogP contribution in [0.25, 0.3) is 0 Å². The second-order valence-electron chi connectivity index (χ2n) is 8.45. The smallest absolute Gasteiger partial charge is 0.242 e. The number of hydrogen-bond donors (Lipinski definition) is 1. The highest BCUT2D eigenvalue weighted by Crippen LogP contribution is 2.21. The summed E-state index contributed by atoms with van der Waals surface area (Å²) in [5, 5.41) is 2.66. The van der Waals surface area contributed by atoms with Gasteiger partial charge in [0.25, 0.3) is 0 Å². The normalized spacial score (nSPS) is 12.1. The zero-order valence-electron chi connectivity index (χ0n) is 20.9. The number of aryl methyl sites for hydroxylation is 2. The average Bonchev–Trinajstić information content (AvgIpc) is 2.81. The monoisotopic (exact) mass is 487 g/mol. The molecule has 0 saturated heterocycles. The molecule has 7 nitrogen and oxygen atoms in total. The summed E-state index contributed by atoms with van der Waals surface area (Å²) in [5.74, 6) is -0.383. The molecule has 0 aromatic heterocycles. The number of carbonyl (C=O) groups excluding carboxylic acids is 2. The maximum absolute atomic E-state index is 13.3. The molecular weight excluding hydrogens is 450 g/mol. The molecule has 0 spiro atoms. The largest absolute Gasteiger partial charge is 0.357 e. The first-order valence-corrected chi connectivity index (χ1v) is 13.6. The summed E-state index contributed by atoms with van der Waals surface area (Å²) in [6.45, 7) is 6.41. The first kappa shape index (κ1) is 27.4. The summed E-state index contributed by atoms with van der Waals surface area (Å²) in [4.78, 5) is 27.4. The zero-order chi connectivity index (χ0) is 25.3. The van der Waals surface area contributed by atoms with Crippen molar-refractivity contribution in [3.05, 3.63) is 65.2 Å². The number of amides is 2. The van der Waals surface area contributed by atoms with Crippen molar-refractivity contribution in [1.82, 2.24) is 10.2 Å². The van der Waals surface area contributed by atoms with E-state index in [4.69, 9.17) is 0 Å². The Balaban J connectivity index is 2.19. The van der Waals surface area contributed by atoms with E-state index in [2.05, 4.69) is 5.32 Å². The highest BCUT2D eigenvalue weighted by Gasteiger charge is 2.28. The van der Waals surface area contributed by atoms with Gasteiger partial charge in [-0.15, -0.1) is 0 Å². The number of sulfonamides is 1. The van der Waals surface area contributed by atoms with Crippen LogP contribution in [0.3, 0.4) is 0 Å². The predicted molar refractivity (Wildman–Crippen MR) is 137 cm³/mol. The van der Waals surface area contributed by atoms with Crippen LogP contribution in [0.15, 0.2) is 48.5 Å². The lowest BCUT2D eigenvalue weighted by Crippen LogP contribution is -2.48. The van der Waals surface area contributed by atoms with Crippen LogP contribution in [0.5, 0.6) is 0 Å². The van der Waals surface area contributed by atoms with Crippen molar-refractivity contribution in [3.8, 4) is 0 Å². The van der Waals surface area contributed by atoms with E-state index in [1.165, 1.54) is 10.6 Å². The van der Waals surface area contributed by atoms with E-state index < -0.39 is 16.1 Å². The number of rotatable bonds is 12. The van der Waals surface area contributed by atoms with Crippen LogP contribution in [-0.2, 0) is 32.6 Å². The van der Waals surface area contributed by atoms with E-state index in [9.17, 15) is 18.0 Å². The molecule has 0 aliphatic rings. The lowest BCUT2D eigenvalue weighted by atomic mass is 10.1. The Hall–Kier alpha value is -2.87. The van der Waals surface area contributed by atoms with E-state index in [-0.39, 0.29) is 24.8 Å². The summed E-state index contributed by atoms with van der Waals surface area (Å²) < 4.78 is 26.2. The van der Waals surface area contributed by atoms with Crippen molar-refractivity contribution in [2.45, 2.75) is 59.0 Å². The van der Waals surface area contributed by atoms with Crippen LogP contribution in [0.4, 0.5) is 5.69 Å². The number of likely N-dealkylation sites (N-methyl/N-ethyl adjacent to an activating group) is 1. The fraction of sp³-hybridized carbons (Fsp3) is 0.462. The third kappa shape index (κ3) is 7.32.